The minimum atomic E-state index is -1.27. The Labute approximate surface area is 72.5 Å². The molecule has 2 N–H and O–H groups in total. The number of carbonyl (C=O) groups excluding carboxylic acids is 1. The first kappa shape index (κ1) is 9.40. The summed E-state index contributed by atoms with van der Waals surface area (Å²) in [4.78, 5) is 34.5. The highest BCUT2D eigenvalue weighted by molar-refractivity contribution is 5.82. The number of nitrogens with zero attached hydrogens (tertiary/aromatic N) is 1. The molecule has 0 aromatic carbocycles. The fraction of sp³-hybridized carbons (Fsp3) is 0.286. The first-order chi connectivity index (χ1) is 6.02. The van der Waals surface area contributed by atoms with E-state index in [-0.39, 0.29) is 0 Å². The minimum absolute atomic E-state index is 0.584. The fourth-order valence-corrected chi connectivity index (χ4v) is 0.792. The van der Waals surface area contributed by atoms with Gasteiger partial charge >= 0.3 is 5.69 Å². The van der Waals surface area contributed by atoms with E-state index in [1.54, 1.807) is 0 Å². The molecule has 1 aromatic heterocycles. The van der Waals surface area contributed by atoms with Crippen molar-refractivity contribution in [3.63, 3.8) is 0 Å². The monoisotopic (exact) mass is 184 g/mol. The largest absolute Gasteiger partial charge is 0.384 e. The molecular formula is C7H8N2O4. The summed E-state index contributed by atoms with van der Waals surface area (Å²) < 4.78 is 0.645. The molecule has 1 rings (SSSR count). The van der Waals surface area contributed by atoms with Crippen molar-refractivity contribution in [3.8, 4) is 0 Å². The summed E-state index contributed by atoms with van der Waals surface area (Å²) in [6, 6.07) is 1.03. The van der Waals surface area contributed by atoms with E-state index in [0.717, 1.165) is 12.3 Å². The van der Waals surface area contributed by atoms with Gasteiger partial charge in [0.2, 0.25) is 0 Å². The molecule has 0 spiro atoms. The Morgan fingerprint density at radius 1 is 1.62 bits per heavy atom. The SMILES string of the molecule is CC(O)C(=O)n1ccc(=O)[nH]c1=O. The molecule has 0 saturated heterocycles. The van der Waals surface area contributed by atoms with Crippen molar-refractivity contribution in [1.82, 2.24) is 9.55 Å². The molecule has 0 radical (unpaired) electrons. The predicted octanol–water partition coefficient (Wildman–Crippen LogP) is -1.44. The molecule has 6 heteroatoms. The quantitative estimate of drug-likeness (QED) is 0.559. The van der Waals surface area contributed by atoms with Gasteiger partial charge in [-0.25, -0.2) is 9.36 Å². The summed E-state index contributed by atoms with van der Waals surface area (Å²) in [6.45, 7) is 1.24. The zero-order valence-corrected chi connectivity index (χ0v) is 6.85. The standard InChI is InChI=1S/C7H8N2O4/c1-4(10)6(12)9-3-2-5(11)8-7(9)13/h2-4,10H,1H3,(H,8,11,13). The van der Waals surface area contributed by atoms with Crippen LogP contribution in [0.5, 0.6) is 0 Å². The number of aliphatic hydroxyl groups is 1. The molecule has 13 heavy (non-hydrogen) atoms. The third-order valence-corrected chi connectivity index (χ3v) is 1.42. The number of rotatable bonds is 1. The molecule has 0 fully saturated rings. The second-order valence-corrected chi connectivity index (χ2v) is 2.49. The van der Waals surface area contributed by atoms with Crippen molar-refractivity contribution in [2.24, 2.45) is 0 Å². The van der Waals surface area contributed by atoms with Crippen molar-refractivity contribution in [2.45, 2.75) is 13.0 Å². The molecule has 1 heterocycles. The first-order valence-corrected chi connectivity index (χ1v) is 3.56. The van der Waals surface area contributed by atoms with E-state index in [1.165, 1.54) is 6.92 Å². The maximum absolute atomic E-state index is 11.1. The molecule has 0 bridgehead atoms. The zero-order valence-electron chi connectivity index (χ0n) is 6.85. The lowest BCUT2D eigenvalue weighted by molar-refractivity contribution is 0.0680. The molecule has 0 aliphatic heterocycles. The highest BCUT2D eigenvalue weighted by atomic mass is 16.3. The zero-order chi connectivity index (χ0) is 10.0. The van der Waals surface area contributed by atoms with E-state index in [2.05, 4.69) is 0 Å². The maximum Gasteiger partial charge on any atom is 0.335 e. The van der Waals surface area contributed by atoms with Crippen LogP contribution in [0.1, 0.15) is 11.7 Å². The second-order valence-electron chi connectivity index (χ2n) is 2.49. The van der Waals surface area contributed by atoms with Gasteiger partial charge in [-0.3, -0.25) is 14.6 Å². The third kappa shape index (κ3) is 1.91. The number of hydrogen-bond acceptors (Lipinski definition) is 4. The van der Waals surface area contributed by atoms with Crippen molar-refractivity contribution in [1.29, 1.82) is 0 Å². The number of hydrogen-bond donors (Lipinski definition) is 2. The number of aromatic nitrogens is 2. The van der Waals surface area contributed by atoms with E-state index < -0.39 is 23.3 Å². The lowest BCUT2D eigenvalue weighted by Gasteiger charge is -2.03. The van der Waals surface area contributed by atoms with Crippen LogP contribution in [0.25, 0.3) is 0 Å². The van der Waals surface area contributed by atoms with Gasteiger partial charge in [-0.2, -0.15) is 0 Å². The Kier molecular flexibility index (Phi) is 2.43. The lowest BCUT2D eigenvalue weighted by atomic mass is 10.4. The number of nitrogens with one attached hydrogen (secondary N) is 1. The number of aromatic amines is 1. The van der Waals surface area contributed by atoms with Crippen molar-refractivity contribution < 1.29 is 9.90 Å². The Balaban J connectivity index is 3.25. The highest BCUT2D eigenvalue weighted by Crippen LogP contribution is 1.85. The van der Waals surface area contributed by atoms with Gasteiger partial charge in [0.15, 0.2) is 0 Å². The van der Waals surface area contributed by atoms with E-state index in [9.17, 15) is 14.4 Å². The molecule has 0 saturated carbocycles. The molecule has 0 amide bonds. The van der Waals surface area contributed by atoms with Crippen LogP contribution >= 0.6 is 0 Å². The van der Waals surface area contributed by atoms with Crippen LogP contribution in [-0.4, -0.2) is 26.7 Å². The van der Waals surface area contributed by atoms with Gasteiger partial charge in [-0.15, -0.1) is 0 Å². The summed E-state index contributed by atoms with van der Waals surface area (Å²) >= 11 is 0. The lowest BCUT2D eigenvalue weighted by Crippen LogP contribution is -2.37. The second kappa shape index (κ2) is 3.36. The van der Waals surface area contributed by atoms with Crippen LogP contribution in [0.3, 0.4) is 0 Å². The summed E-state index contributed by atoms with van der Waals surface area (Å²) in [7, 11) is 0. The normalized spacial score (nSPS) is 12.5. The third-order valence-electron chi connectivity index (χ3n) is 1.42. The van der Waals surface area contributed by atoms with Gasteiger partial charge in [0, 0.05) is 12.3 Å². The van der Waals surface area contributed by atoms with E-state index >= 15 is 0 Å². The Hall–Kier alpha value is -1.69. The molecule has 0 aliphatic rings. The van der Waals surface area contributed by atoms with Crippen LogP contribution in [0.4, 0.5) is 0 Å². The number of aliphatic hydroxyl groups excluding tert-OH is 1. The van der Waals surface area contributed by atoms with Gasteiger partial charge in [0.25, 0.3) is 11.5 Å². The highest BCUT2D eigenvalue weighted by Gasteiger charge is 2.12. The number of H-pyrrole nitrogens is 1. The van der Waals surface area contributed by atoms with Gasteiger partial charge in [0.05, 0.1) is 0 Å². The summed E-state index contributed by atoms with van der Waals surface area (Å²) in [6.07, 6.45) is -0.250. The molecule has 70 valence electrons. The van der Waals surface area contributed by atoms with Crippen LogP contribution in [-0.2, 0) is 0 Å². The average molecular weight is 184 g/mol. The first-order valence-electron chi connectivity index (χ1n) is 3.56. The van der Waals surface area contributed by atoms with Crippen molar-refractivity contribution in [2.75, 3.05) is 0 Å². The molecular weight excluding hydrogens is 176 g/mol. The minimum Gasteiger partial charge on any atom is -0.384 e. The summed E-state index contributed by atoms with van der Waals surface area (Å²) in [5, 5.41) is 8.87. The van der Waals surface area contributed by atoms with Crippen LogP contribution < -0.4 is 11.2 Å². The van der Waals surface area contributed by atoms with Crippen LogP contribution in [0, 0.1) is 0 Å². The Morgan fingerprint density at radius 3 is 2.69 bits per heavy atom. The van der Waals surface area contributed by atoms with Gasteiger partial charge < -0.3 is 5.11 Å². The molecule has 1 aromatic rings. The predicted molar refractivity (Wildman–Crippen MR) is 43.6 cm³/mol. The van der Waals surface area contributed by atoms with Crippen molar-refractivity contribution in [3.05, 3.63) is 33.1 Å². The Morgan fingerprint density at radius 2 is 2.23 bits per heavy atom. The van der Waals surface area contributed by atoms with E-state index in [0.29, 0.717) is 4.57 Å². The molecule has 1 atom stereocenters. The topological polar surface area (TPSA) is 92.2 Å². The van der Waals surface area contributed by atoms with E-state index in [1.807, 2.05) is 4.98 Å². The van der Waals surface area contributed by atoms with Crippen molar-refractivity contribution >= 4 is 5.91 Å². The average Bonchev–Trinajstić information content (AvgIpc) is 2.03. The van der Waals surface area contributed by atoms with Crippen LogP contribution in [0.2, 0.25) is 0 Å². The van der Waals surface area contributed by atoms with Crippen LogP contribution in [0.15, 0.2) is 21.9 Å². The molecule has 6 nitrogen and oxygen atoms in total. The van der Waals surface area contributed by atoms with E-state index in [4.69, 9.17) is 5.11 Å². The summed E-state index contributed by atoms with van der Waals surface area (Å²) in [5.74, 6) is -0.777. The van der Waals surface area contributed by atoms with Gasteiger partial charge in [-0.05, 0) is 6.92 Å². The van der Waals surface area contributed by atoms with Gasteiger partial charge in [0.1, 0.15) is 6.10 Å². The summed E-state index contributed by atoms with van der Waals surface area (Å²) in [5.41, 5.74) is -1.43. The fourth-order valence-electron chi connectivity index (χ4n) is 0.792. The molecule has 1 unspecified atom stereocenters. The Bertz CT molecular complexity index is 429. The smallest absolute Gasteiger partial charge is 0.335 e. The number of carbonyl (C=O) groups is 1. The molecule has 0 aliphatic carbocycles. The maximum atomic E-state index is 11.1. The van der Waals surface area contributed by atoms with Gasteiger partial charge in [-0.1, -0.05) is 0 Å².